The smallest absolute Gasteiger partial charge is 0.279 e. The molecule has 0 atom stereocenters. The van der Waals surface area contributed by atoms with Crippen LogP contribution in [0.4, 0.5) is 18.9 Å². The van der Waals surface area contributed by atoms with Crippen molar-refractivity contribution in [3.05, 3.63) is 24.3 Å². The molecule has 1 saturated carbocycles. The maximum absolute atomic E-state index is 13.0. The van der Waals surface area contributed by atoms with Crippen molar-refractivity contribution >= 4 is 11.6 Å². The summed E-state index contributed by atoms with van der Waals surface area (Å²) in [5.74, 6) is -3.03. The number of ether oxygens (including phenoxy) is 1. The molecule has 1 aliphatic rings. The summed E-state index contributed by atoms with van der Waals surface area (Å²) in [7, 11) is 0. The standard InChI is InChI=1S/C22H32F3NO3/c1-3-11-21(28)12-9-17(10-13-21)20(27)26(4-2)18-5-7-19(8-6-18)29-15-14-22(24,25)16-23/h5-8,17,28H,3-4,9-16H2,1-2H3. The second-order valence-electron chi connectivity index (χ2n) is 7.91. The van der Waals surface area contributed by atoms with E-state index in [0.29, 0.717) is 43.7 Å². The average Bonchev–Trinajstić information content (AvgIpc) is 2.70. The maximum Gasteiger partial charge on any atom is 0.279 e. The van der Waals surface area contributed by atoms with Gasteiger partial charge < -0.3 is 14.7 Å². The average molecular weight is 415 g/mol. The number of benzene rings is 1. The molecule has 1 amide bonds. The van der Waals surface area contributed by atoms with Crippen LogP contribution in [0.2, 0.25) is 0 Å². The van der Waals surface area contributed by atoms with E-state index in [4.69, 9.17) is 4.74 Å². The molecule has 0 aliphatic heterocycles. The van der Waals surface area contributed by atoms with Gasteiger partial charge in [0.05, 0.1) is 12.2 Å². The molecule has 0 aromatic heterocycles. The first-order valence-corrected chi connectivity index (χ1v) is 10.4. The van der Waals surface area contributed by atoms with Gasteiger partial charge in [-0.05, 0) is 63.3 Å². The van der Waals surface area contributed by atoms with Gasteiger partial charge in [0, 0.05) is 24.6 Å². The summed E-state index contributed by atoms with van der Waals surface area (Å²) >= 11 is 0. The first-order chi connectivity index (χ1) is 13.7. The number of rotatable bonds is 10. The Balaban J connectivity index is 1.93. The van der Waals surface area contributed by atoms with E-state index in [2.05, 4.69) is 0 Å². The third kappa shape index (κ3) is 6.63. The van der Waals surface area contributed by atoms with E-state index in [1.807, 2.05) is 13.8 Å². The Morgan fingerprint density at radius 3 is 2.38 bits per heavy atom. The highest BCUT2D eigenvalue weighted by Crippen LogP contribution is 2.36. The molecular formula is C22H32F3NO3. The van der Waals surface area contributed by atoms with Gasteiger partial charge >= 0.3 is 0 Å². The fraction of sp³-hybridized carbons (Fsp3) is 0.682. The van der Waals surface area contributed by atoms with Crippen molar-refractivity contribution in [1.82, 2.24) is 0 Å². The zero-order chi connectivity index (χ0) is 21.5. The fourth-order valence-corrected chi connectivity index (χ4v) is 3.91. The van der Waals surface area contributed by atoms with Crippen LogP contribution in [0.1, 0.15) is 58.8 Å². The number of amides is 1. The predicted molar refractivity (Wildman–Crippen MR) is 107 cm³/mol. The lowest BCUT2D eigenvalue weighted by molar-refractivity contribution is -0.125. The molecule has 1 aromatic carbocycles. The SMILES string of the molecule is CCCC1(O)CCC(C(=O)N(CC)c2ccc(OCCC(F)(F)CF)cc2)CC1. The number of carbonyl (C=O) groups is 1. The summed E-state index contributed by atoms with van der Waals surface area (Å²) in [5.41, 5.74) is 0.0777. The van der Waals surface area contributed by atoms with E-state index in [9.17, 15) is 23.1 Å². The molecule has 1 aliphatic carbocycles. The Kier molecular flexibility index (Phi) is 8.37. The molecule has 0 saturated heterocycles. The lowest BCUT2D eigenvalue weighted by Crippen LogP contribution is -2.41. The van der Waals surface area contributed by atoms with Gasteiger partial charge in [-0.2, -0.15) is 0 Å². The van der Waals surface area contributed by atoms with Gasteiger partial charge in [0.25, 0.3) is 5.92 Å². The van der Waals surface area contributed by atoms with Crippen LogP contribution in [0.25, 0.3) is 0 Å². The first-order valence-electron chi connectivity index (χ1n) is 10.4. The third-order valence-electron chi connectivity index (χ3n) is 5.64. The molecule has 0 heterocycles. The molecule has 0 unspecified atom stereocenters. The molecule has 4 nitrogen and oxygen atoms in total. The summed E-state index contributed by atoms with van der Waals surface area (Å²) in [4.78, 5) is 14.7. The van der Waals surface area contributed by atoms with E-state index >= 15 is 0 Å². The van der Waals surface area contributed by atoms with Crippen molar-refractivity contribution in [1.29, 1.82) is 0 Å². The highest BCUT2D eigenvalue weighted by Gasteiger charge is 2.36. The largest absolute Gasteiger partial charge is 0.493 e. The highest BCUT2D eigenvalue weighted by molar-refractivity contribution is 5.95. The Morgan fingerprint density at radius 1 is 1.24 bits per heavy atom. The minimum atomic E-state index is -3.37. The minimum absolute atomic E-state index is 0.0438. The number of nitrogens with zero attached hydrogens (tertiary/aromatic N) is 1. The number of anilines is 1. The quantitative estimate of drug-likeness (QED) is 0.576. The van der Waals surface area contributed by atoms with Crippen LogP contribution < -0.4 is 9.64 Å². The first kappa shape index (κ1) is 23.5. The van der Waals surface area contributed by atoms with Crippen LogP contribution in [-0.2, 0) is 4.79 Å². The van der Waals surface area contributed by atoms with Crippen LogP contribution >= 0.6 is 0 Å². The van der Waals surface area contributed by atoms with E-state index in [1.165, 1.54) is 0 Å². The van der Waals surface area contributed by atoms with Gasteiger partial charge in [-0.1, -0.05) is 13.3 Å². The van der Waals surface area contributed by atoms with Gasteiger partial charge in [0.1, 0.15) is 5.75 Å². The zero-order valence-electron chi connectivity index (χ0n) is 17.3. The van der Waals surface area contributed by atoms with Gasteiger partial charge in [-0.15, -0.1) is 0 Å². The fourth-order valence-electron chi connectivity index (χ4n) is 3.91. The highest BCUT2D eigenvalue weighted by atomic mass is 19.3. The predicted octanol–water partition coefficient (Wildman–Crippen LogP) is 5.13. The van der Waals surface area contributed by atoms with Crippen molar-refractivity contribution in [2.45, 2.75) is 70.3 Å². The molecule has 1 fully saturated rings. The van der Waals surface area contributed by atoms with Gasteiger partial charge in [-0.25, -0.2) is 13.2 Å². The minimum Gasteiger partial charge on any atom is -0.493 e. The number of alkyl halides is 3. The number of carbonyl (C=O) groups excluding carboxylic acids is 1. The Morgan fingerprint density at radius 2 is 1.86 bits per heavy atom. The summed E-state index contributed by atoms with van der Waals surface area (Å²) < 4.78 is 43.2. The van der Waals surface area contributed by atoms with Crippen molar-refractivity contribution < 1.29 is 27.8 Å². The van der Waals surface area contributed by atoms with E-state index in [1.54, 1.807) is 29.2 Å². The van der Waals surface area contributed by atoms with Crippen molar-refractivity contribution in [2.24, 2.45) is 5.92 Å². The van der Waals surface area contributed by atoms with Crippen LogP contribution in [-0.4, -0.2) is 42.4 Å². The maximum atomic E-state index is 13.0. The molecular weight excluding hydrogens is 383 g/mol. The number of hydrogen-bond donors (Lipinski definition) is 1. The van der Waals surface area contributed by atoms with Crippen LogP contribution in [0.3, 0.4) is 0 Å². The lowest BCUT2D eigenvalue weighted by atomic mass is 9.76. The van der Waals surface area contributed by atoms with Crippen LogP contribution in [0.15, 0.2) is 24.3 Å². The van der Waals surface area contributed by atoms with Gasteiger partial charge in [-0.3, -0.25) is 4.79 Å². The summed E-state index contributed by atoms with van der Waals surface area (Å²) in [6, 6.07) is 6.69. The number of aliphatic hydroxyl groups is 1. The zero-order valence-corrected chi connectivity index (χ0v) is 17.3. The number of hydrogen-bond acceptors (Lipinski definition) is 3. The monoisotopic (exact) mass is 415 g/mol. The second kappa shape index (κ2) is 10.3. The normalized spacial score (nSPS) is 22.3. The molecule has 0 bridgehead atoms. The van der Waals surface area contributed by atoms with E-state index in [0.717, 1.165) is 12.8 Å². The van der Waals surface area contributed by atoms with Crippen LogP contribution in [0, 0.1) is 5.92 Å². The molecule has 2 rings (SSSR count). The third-order valence-corrected chi connectivity index (χ3v) is 5.64. The van der Waals surface area contributed by atoms with Crippen molar-refractivity contribution in [2.75, 3.05) is 24.7 Å². The molecule has 29 heavy (non-hydrogen) atoms. The topological polar surface area (TPSA) is 49.8 Å². The molecule has 1 aromatic rings. The molecule has 0 spiro atoms. The van der Waals surface area contributed by atoms with E-state index < -0.39 is 24.6 Å². The van der Waals surface area contributed by atoms with Gasteiger partial charge in [0.2, 0.25) is 5.91 Å². The van der Waals surface area contributed by atoms with Crippen molar-refractivity contribution in [3.63, 3.8) is 0 Å². The Hall–Kier alpha value is -1.76. The second-order valence-corrected chi connectivity index (χ2v) is 7.91. The Bertz CT molecular complexity index is 643. The molecule has 0 radical (unpaired) electrons. The number of halogens is 3. The van der Waals surface area contributed by atoms with Crippen molar-refractivity contribution in [3.8, 4) is 5.75 Å². The Labute approximate surface area is 171 Å². The summed E-state index contributed by atoms with van der Waals surface area (Å²) in [5, 5.41) is 10.5. The summed E-state index contributed by atoms with van der Waals surface area (Å²) in [6.45, 7) is 2.48. The van der Waals surface area contributed by atoms with Gasteiger partial charge in [0.15, 0.2) is 6.67 Å². The van der Waals surface area contributed by atoms with Crippen LogP contribution in [0.5, 0.6) is 5.75 Å². The molecule has 164 valence electrons. The lowest BCUT2D eigenvalue weighted by Gasteiger charge is -2.37. The molecule has 1 N–H and O–H groups in total. The molecule has 7 heteroatoms. The van der Waals surface area contributed by atoms with E-state index in [-0.39, 0.29) is 18.4 Å². The summed E-state index contributed by atoms with van der Waals surface area (Å²) in [6.07, 6.45) is 3.65.